The van der Waals surface area contributed by atoms with Crippen molar-refractivity contribution >= 4 is 32.6 Å². The van der Waals surface area contributed by atoms with Crippen molar-refractivity contribution in [3.8, 4) is 0 Å². The second kappa shape index (κ2) is 6.48. The average molecular weight is 355 g/mol. The van der Waals surface area contributed by atoms with E-state index in [1.165, 1.54) is 0 Å². The van der Waals surface area contributed by atoms with E-state index in [9.17, 15) is 4.79 Å². The van der Waals surface area contributed by atoms with Crippen LogP contribution in [0, 0.1) is 13.8 Å². The van der Waals surface area contributed by atoms with Crippen molar-refractivity contribution in [2.24, 2.45) is 0 Å². The van der Waals surface area contributed by atoms with Crippen molar-refractivity contribution in [1.29, 1.82) is 0 Å². The molecular formula is C18H21N5OS. The highest BCUT2D eigenvalue weighted by Gasteiger charge is 2.28. The monoisotopic (exact) mass is 355 g/mol. The van der Waals surface area contributed by atoms with Crippen LogP contribution in [0.3, 0.4) is 0 Å². The molecule has 0 radical (unpaired) electrons. The normalized spacial score (nSPS) is 17.4. The molecule has 1 amide bonds. The van der Waals surface area contributed by atoms with Crippen LogP contribution >= 0.6 is 11.3 Å². The molecule has 0 bridgehead atoms. The Balaban J connectivity index is 1.36. The number of aromatic nitrogens is 3. The zero-order valence-electron chi connectivity index (χ0n) is 14.4. The van der Waals surface area contributed by atoms with Crippen molar-refractivity contribution in [2.45, 2.75) is 26.3 Å². The Kier molecular flexibility index (Phi) is 4.17. The lowest BCUT2D eigenvalue weighted by Crippen LogP contribution is -2.34. The fraction of sp³-hybridized carbons (Fsp3) is 0.389. The lowest BCUT2D eigenvalue weighted by Gasteiger charge is -2.17. The Labute approximate surface area is 150 Å². The summed E-state index contributed by atoms with van der Waals surface area (Å²) >= 11 is 1.58. The number of carbonyl (C=O) groups excluding carboxylic acids is 1. The lowest BCUT2D eigenvalue weighted by atomic mass is 10.2. The number of amides is 1. The van der Waals surface area contributed by atoms with Crippen molar-refractivity contribution in [2.75, 3.05) is 25.0 Å². The van der Waals surface area contributed by atoms with E-state index in [0.29, 0.717) is 0 Å². The Morgan fingerprint density at radius 3 is 2.96 bits per heavy atom. The van der Waals surface area contributed by atoms with Gasteiger partial charge in [-0.15, -0.1) is 0 Å². The van der Waals surface area contributed by atoms with Gasteiger partial charge in [-0.05, 0) is 38.5 Å². The topological polar surface area (TPSA) is 63.1 Å². The van der Waals surface area contributed by atoms with E-state index in [4.69, 9.17) is 0 Å². The lowest BCUT2D eigenvalue weighted by molar-refractivity contribution is -0.128. The van der Waals surface area contributed by atoms with Crippen LogP contribution in [0.1, 0.15) is 23.9 Å². The number of thiazole rings is 1. The Bertz CT molecular complexity index is 882. The maximum atomic E-state index is 12.5. The van der Waals surface area contributed by atoms with E-state index in [-0.39, 0.29) is 18.5 Å². The fourth-order valence-electron chi connectivity index (χ4n) is 3.39. The van der Waals surface area contributed by atoms with Crippen molar-refractivity contribution in [3.05, 3.63) is 41.7 Å². The van der Waals surface area contributed by atoms with Crippen LogP contribution in [0.5, 0.6) is 0 Å². The first kappa shape index (κ1) is 16.1. The van der Waals surface area contributed by atoms with Crippen LogP contribution in [-0.2, 0) is 4.79 Å². The SMILES string of the molecule is Cc1cc(C)n([C@@H]2CCN(C(=O)CNc3nc4ccccc4s3)C2)n1. The van der Waals surface area contributed by atoms with E-state index in [1.807, 2.05) is 36.1 Å². The molecule has 0 unspecified atom stereocenters. The number of para-hydroxylation sites is 1. The number of aryl methyl sites for hydroxylation is 2. The second-order valence-electron chi connectivity index (χ2n) is 6.49. The van der Waals surface area contributed by atoms with Gasteiger partial charge in [0.25, 0.3) is 0 Å². The van der Waals surface area contributed by atoms with Crippen LogP contribution in [0.2, 0.25) is 0 Å². The summed E-state index contributed by atoms with van der Waals surface area (Å²) in [6, 6.07) is 10.4. The molecule has 7 heteroatoms. The number of hydrogen-bond donors (Lipinski definition) is 1. The first-order valence-corrected chi connectivity index (χ1v) is 9.32. The molecule has 25 heavy (non-hydrogen) atoms. The molecule has 1 aromatic carbocycles. The summed E-state index contributed by atoms with van der Waals surface area (Å²) in [7, 11) is 0. The Hall–Kier alpha value is -2.41. The molecule has 6 nitrogen and oxygen atoms in total. The van der Waals surface area contributed by atoms with Gasteiger partial charge in [0, 0.05) is 18.8 Å². The van der Waals surface area contributed by atoms with E-state index >= 15 is 0 Å². The maximum absolute atomic E-state index is 12.5. The number of hydrogen-bond acceptors (Lipinski definition) is 5. The highest BCUT2D eigenvalue weighted by atomic mass is 32.1. The van der Waals surface area contributed by atoms with Gasteiger partial charge in [-0.3, -0.25) is 9.48 Å². The van der Waals surface area contributed by atoms with Crippen molar-refractivity contribution < 1.29 is 4.79 Å². The standard InChI is InChI=1S/C18H21N5OS/c1-12-9-13(2)23(21-12)14-7-8-22(11-14)17(24)10-19-18-20-15-5-3-4-6-16(15)25-18/h3-6,9,14H,7-8,10-11H2,1-2H3,(H,19,20)/t14-/m1/s1. The first-order valence-electron chi connectivity index (χ1n) is 8.50. The predicted octanol–water partition coefficient (Wildman–Crippen LogP) is 3.00. The van der Waals surface area contributed by atoms with Gasteiger partial charge in [0.05, 0.1) is 28.5 Å². The maximum Gasteiger partial charge on any atom is 0.242 e. The largest absolute Gasteiger partial charge is 0.352 e. The molecule has 3 aromatic rings. The molecule has 1 N–H and O–H groups in total. The summed E-state index contributed by atoms with van der Waals surface area (Å²) in [6.07, 6.45) is 0.953. The van der Waals surface area contributed by atoms with Gasteiger partial charge in [-0.25, -0.2) is 4.98 Å². The first-order chi connectivity index (χ1) is 12.1. The third-order valence-corrected chi connectivity index (χ3v) is 5.59. The van der Waals surface area contributed by atoms with Crippen LogP contribution in [0.25, 0.3) is 10.2 Å². The number of nitrogens with one attached hydrogen (secondary N) is 1. The number of likely N-dealkylation sites (tertiary alicyclic amines) is 1. The molecule has 1 fully saturated rings. The average Bonchev–Trinajstić information content (AvgIpc) is 3.30. The van der Waals surface area contributed by atoms with E-state index in [0.717, 1.165) is 46.2 Å². The number of carbonyl (C=O) groups is 1. The predicted molar refractivity (Wildman–Crippen MR) is 100 cm³/mol. The molecule has 2 aromatic heterocycles. The molecule has 1 atom stereocenters. The van der Waals surface area contributed by atoms with Crippen molar-refractivity contribution in [1.82, 2.24) is 19.7 Å². The highest BCUT2D eigenvalue weighted by Crippen LogP contribution is 2.26. The van der Waals surface area contributed by atoms with Gasteiger partial charge >= 0.3 is 0 Å². The van der Waals surface area contributed by atoms with Gasteiger partial charge in [-0.2, -0.15) is 5.10 Å². The van der Waals surface area contributed by atoms with E-state index in [2.05, 4.69) is 33.1 Å². The fourth-order valence-corrected chi connectivity index (χ4v) is 4.26. The quantitative estimate of drug-likeness (QED) is 0.781. The Morgan fingerprint density at radius 2 is 2.20 bits per heavy atom. The zero-order chi connectivity index (χ0) is 17.4. The van der Waals surface area contributed by atoms with Crippen LogP contribution in [0.4, 0.5) is 5.13 Å². The smallest absolute Gasteiger partial charge is 0.242 e. The van der Waals surface area contributed by atoms with E-state index < -0.39 is 0 Å². The van der Waals surface area contributed by atoms with Gasteiger partial charge < -0.3 is 10.2 Å². The summed E-state index contributed by atoms with van der Waals surface area (Å²) in [5.41, 5.74) is 3.15. The molecule has 0 aliphatic carbocycles. The second-order valence-corrected chi connectivity index (χ2v) is 7.52. The molecule has 1 aliphatic rings. The molecule has 0 saturated carbocycles. The minimum atomic E-state index is 0.114. The van der Waals surface area contributed by atoms with Crippen molar-refractivity contribution in [3.63, 3.8) is 0 Å². The van der Waals surface area contributed by atoms with E-state index in [1.54, 1.807) is 11.3 Å². The van der Waals surface area contributed by atoms with Gasteiger partial charge in [0.2, 0.25) is 5.91 Å². The summed E-state index contributed by atoms with van der Waals surface area (Å²) < 4.78 is 3.19. The Morgan fingerprint density at radius 1 is 1.36 bits per heavy atom. The number of fused-ring (bicyclic) bond motifs is 1. The molecule has 1 saturated heterocycles. The summed E-state index contributed by atoms with van der Waals surface area (Å²) in [5, 5.41) is 8.53. The number of nitrogens with zero attached hydrogens (tertiary/aromatic N) is 4. The van der Waals surface area contributed by atoms with Gasteiger partial charge in [-0.1, -0.05) is 23.5 Å². The number of anilines is 1. The molecule has 3 heterocycles. The van der Waals surface area contributed by atoms with Crippen LogP contribution in [0.15, 0.2) is 30.3 Å². The van der Waals surface area contributed by atoms with Gasteiger partial charge in [0.1, 0.15) is 0 Å². The van der Waals surface area contributed by atoms with Crippen LogP contribution in [-0.4, -0.2) is 45.2 Å². The highest BCUT2D eigenvalue weighted by molar-refractivity contribution is 7.22. The summed E-state index contributed by atoms with van der Waals surface area (Å²) in [6.45, 7) is 5.86. The molecule has 0 spiro atoms. The number of benzene rings is 1. The molecular weight excluding hydrogens is 334 g/mol. The molecule has 130 valence electrons. The zero-order valence-corrected chi connectivity index (χ0v) is 15.2. The summed E-state index contributed by atoms with van der Waals surface area (Å²) in [5.74, 6) is 0.114. The molecule has 1 aliphatic heterocycles. The minimum absolute atomic E-state index is 0.114. The third-order valence-electron chi connectivity index (χ3n) is 4.59. The van der Waals surface area contributed by atoms with Gasteiger partial charge in [0.15, 0.2) is 5.13 Å². The van der Waals surface area contributed by atoms with Crippen LogP contribution < -0.4 is 5.32 Å². The summed E-state index contributed by atoms with van der Waals surface area (Å²) in [4.78, 5) is 18.9. The number of rotatable bonds is 4. The molecule has 4 rings (SSSR count). The minimum Gasteiger partial charge on any atom is -0.352 e. The third kappa shape index (κ3) is 3.24.